The Morgan fingerprint density at radius 3 is 2.03 bits per heavy atom. The lowest BCUT2D eigenvalue weighted by Gasteiger charge is -2.70. The predicted molar refractivity (Wildman–Crippen MR) is 114 cm³/mol. The van der Waals surface area contributed by atoms with Gasteiger partial charge in [-0.3, -0.25) is 0 Å². The van der Waals surface area contributed by atoms with Gasteiger partial charge in [0, 0.05) is 5.54 Å². The molecule has 6 heteroatoms. The van der Waals surface area contributed by atoms with Gasteiger partial charge in [0.05, 0.1) is 11.2 Å². The number of hydrogen-bond acceptors (Lipinski definition) is 4. The summed E-state index contributed by atoms with van der Waals surface area (Å²) < 4.78 is 17.7. The number of carbonyl (C=O) groups is 1. The van der Waals surface area contributed by atoms with Crippen molar-refractivity contribution in [3.05, 3.63) is 29.8 Å². The Morgan fingerprint density at radius 2 is 1.55 bits per heavy atom. The van der Waals surface area contributed by atoms with Gasteiger partial charge in [-0.1, -0.05) is 24.3 Å². The van der Waals surface area contributed by atoms with Crippen LogP contribution in [0.3, 0.4) is 0 Å². The van der Waals surface area contributed by atoms with E-state index in [9.17, 15) is 4.79 Å². The van der Waals surface area contributed by atoms with Crippen molar-refractivity contribution in [2.45, 2.75) is 96.5 Å². The van der Waals surface area contributed by atoms with Crippen molar-refractivity contribution in [2.75, 3.05) is 0 Å². The molecule has 4 fully saturated rings. The molecule has 158 valence electrons. The van der Waals surface area contributed by atoms with E-state index >= 15 is 0 Å². The van der Waals surface area contributed by atoms with Crippen LogP contribution in [0.4, 0.5) is 4.79 Å². The Labute approximate surface area is 175 Å². The highest BCUT2D eigenvalue weighted by atomic mass is 16.7. The van der Waals surface area contributed by atoms with Crippen LogP contribution in [-0.2, 0) is 20.5 Å². The predicted octanol–water partition coefficient (Wildman–Crippen LogP) is 3.98. The highest BCUT2D eigenvalue weighted by Crippen LogP contribution is 2.68. The smallest absolute Gasteiger partial charge is 0.444 e. The highest BCUT2D eigenvalue weighted by molar-refractivity contribution is 6.62. The monoisotopic (exact) mass is 399 g/mol. The van der Waals surface area contributed by atoms with Gasteiger partial charge >= 0.3 is 13.2 Å². The Hall–Kier alpha value is -1.53. The second-order valence-corrected chi connectivity index (χ2v) is 11.4. The standard InChI is InChI=1S/C23H34BNO4/c1-19(2,3)27-18(26)25-23-13-22(14-23,15-23)12-16-8-10-17(11-9-16)24-28-20(4,5)21(6,7)29-24/h8-11H,12-15H2,1-7H3,(H,25,26). The van der Waals surface area contributed by atoms with E-state index in [0.717, 1.165) is 31.1 Å². The first-order valence-corrected chi connectivity index (χ1v) is 10.7. The normalized spacial score (nSPS) is 31.6. The van der Waals surface area contributed by atoms with E-state index in [1.54, 1.807) is 0 Å². The summed E-state index contributed by atoms with van der Waals surface area (Å²) in [6.07, 6.45) is 3.88. The van der Waals surface area contributed by atoms with Gasteiger partial charge in [0.15, 0.2) is 0 Å². The zero-order valence-corrected chi connectivity index (χ0v) is 18.8. The molecule has 5 rings (SSSR count). The first-order chi connectivity index (χ1) is 13.2. The maximum Gasteiger partial charge on any atom is 0.494 e. The third-order valence-electron chi connectivity index (χ3n) is 6.99. The van der Waals surface area contributed by atoms with Crippen LogP contribution < -0.4 is 10.8 Å². The summed E-state index contributed by atoms with van der Waals surface area (Å²) in [4.78, 5) is 12.1. The number of nitrogens with one attached hydrogen (secondary N) is 1. The molecule has 0 aromatic heterocycles. The van der Waals surface area contributed by atoms with Gasteiger partial charge < -0.3 is 19.4 Å². The van der Waals surface area contributed by atoms with E-state index in [-0.39, 0.29) is 30.0 Å². The fourth-order valence-electron chi connectivity index (χ4n) is 5.04. The molecule has 3 aliphatic carbocycles. The quantitative estimate of drug-likeness (QED) is 0.779. The van der Waals surface area contributed by atoms with Crippen molar-refractivity contribution in [1.29, 1.82) is 0 Å². The molecule has 1 heterocycles. The number of amides is 1. The Morgan fingerprint density at radius 1 is 1.03 bits per heavy atom. The largest absolute Gasteiger partial charge is 0.494 e. The number of benzene rings is 1. The molecule has 0 spiro atoms. The van der Waals surface area contributed by atoms with E-state index in [4.69, 9.17) is 14.0 Å². The van der Waals surface area contributed by atoms with E-state index in [2.05, 4.69) is 57.3 Å². The second kappa shape index (κ2) is 6.24. The van der Waals surface area contributed by atoms with Crippen LogP contribution in [0.25, 0.3) is 0 Å². The molecule has 0 unspecified atom stereocenters. The van der Waals surface area contributed by atoms with Crippen LogP contribution in [0, 0.1) is 5.41 Å². The van der Waals surface area contributed by atoms with E-state index in [0.29, 0.717) is 5.41 Å². The molecule has 0 radical (unpaired) electrons. The summed E-state index contributed by atoms with van der Waals surface area (Å²) in [5.74, 6) is 0. The molecule has 4 aliphatic rings. The highest BCUT2D eigenvalue weighted by Gasteiger charge is 2.68. The lowest BCUT2D eigenvalue weighted by atomic mass is 9.38. The minimum atomic E-state index is -0.454. The molecule has 3 saturated carbocycles. The van der Waals surface area contributed by atoms with Gasteiger partial charge in [-0.05, 0) is 90.6 Å². The Bertz CT molecular complexity index is 773. The number of ether oxygens (including phenoxy) is 1. The third kappa shape index (κ3) is 3.82. The fourth-order valence-corrected chi connectivity index (χ4v) is 5.04. The second-order valence-electron chi connectivity index (χ2n) is 11.4. The molecule has 1 amide bonds. The number of hydrogen-bond donors (Lipinski definition) is 1. The fraction of sp³-hybridized carbons (Fsp3) is 0.696. The van der Waals surface area contributed by atoms with Crippen molar-refractivity contribution in [1.82, 2.24) is 5.32 Å². The lowest BCUT2D eigenvalue weighted by molar-refractivity contribution is -0.150. The van der Waals surface area contributed by atoms with Gasteiger partial charge in [-0.25, -0.2) is 4.79 Å². The molecule has 1 saturated heterocycles. The SMILES string of the molecule is CC(C)(C)OC(=O)NC12CC(Cc3ccc(B4OC(C)(C)C(C)(C)O4)cc3)(C1)C2. The summed E-state index contributed by atoms with van der Waals surface area (Å²) in [7, 11) is -0.315. The summed E-state index contributed by atoms with van der Waals surface area (Å²) in [5, 5.41) is 3.09. The maximum absolute atomic E-state index is 12.1. The minimum Gasteiger partial charge on any atom is -0.444 e. The van der Waals surface area contributed by atoms with Gasteiger partial charge in [0.25, 0.3) is 0 Å². The first-order valence-electron chi connectivity index (χ1n) is 10.7. The number of alkyl carbamates (subject to hydrolysis) is 1. The topological polar surface area (TPSA) is 56.8 Å². The van der Waals surface area contributed by atoms with Crippen molar-refractivity contribution < 1.29 is 18.8 Å². The zero-order valence-electron chi connectivity index (χ0n) is 18.8. The van der Waals surface area contributed by atoms with Gasteiger partial charge in [-0.2, -0.15) is 0 Å². The van der Waals surface area contributed by atoms with E-state index < -0.39 is 5.60 Å². The maximum atomic E-state index is 12.1. The molecular formula is C23H34BNO4. The van der Waals surface area contributed by atoms with Crippen molar-refractivity contribution in [3.63, 3.8) is 0 Å². The molecule has 2 bridgehead atoms. The number of rotatable bonds is 4. The molecule has 1 aromatic rings. The van der Waals surface area contributed by atoms with Crippen molar-refractivity contribution in [2.24, 2.45) is 5.41 Å². The summed E-state index contributed by atoms with van der Waals surface area (Å²) in [5.41, 5.74) is 1.59. The van der Waals surface area contributed by atoms with E-state index in [1.165, 1.54) is 5.56 Å². The summed E-state index contributed by atoms with van der Waals surface area (Å²) >= 11 is 0. The average molecular weight is 399 g/mol. The minimum absolute atomic E-state index is 0.0367. The van der Waals surface area contributed by atoms with Crippen LogP contribution >= 0.6 is 0 Å². The Balaban J connectivity index is 1.30. The lowest BCUT2D eigenvalue weighted by Crippen LogP contribution is -2.75. The molecule has 0 atom stereocenters. The zero-order chi connectivity index (χ0) is 21.3. The van der Waals surface area contributed by atoms with Crippen LogP contribution in [0.15, 0.2) is 24.3 Å². The molecule has 1 aromatic carbocycles. The van der Waals surface area contributed by atoms with Crippen LogP contribution in [-0.4, -0.2) is 35.6 Å². The van der Waals surface area contributed by atoms with Gasteiger partial charge in [-0.15, -0.1) is 0 Å². The van der Waals surface area contributed by atoms with Crippen molar-refractivity contribution >= 4 is 18.7 Å². The molecule has 1 N–H and O–H groups in total. The van der Waals surface area contributed by atoms with Crippen LogP contribution in [0.5, 0.6) is 0 Å². The average Bonchev–Trinajstić information content (AvgIpc) is 2.71. The number of carbonyl (C=O) groups excluding carboxylic acids is 1. The van der Waals surface area contributed by atoms with Crippen molar-refractivity contribution in [3.8, 4) is 0 Å². The molecular weight excluding hydrogens is 365 g/mol. The third-order valence-corrected chi connectivity index (χ3v) is 6.99. The summed E-state index contributed by atoms with van der Waals surface area (Å²) in [6, 6.07) is 8.62. The van der Waals surface area contributed by atoms with Gasteiger partial charge in [0.2, 0.25) is 0 Å². The van der Waals surface area contributed by atoms with E-state index in [1.807, 2.05) is 20.8 Å². The van der Waals surface area contributed by atoms with Crippen LogP contribution in [0.1, 0.15) is 73.3 Å². The molecule has 29 heavy (non-hydrogen) atoms. The van der Waals surface area contributed by atoms with Crippen LogP contribution in [0.2, 0.25) is 0 Å². The molecule has 1 aliphatic heterocycles. The Kier molecular flexibility index (Phi) is 4.46. The summed E-state index contributed by atoms with van der Waals surface area (Å²) in [6.45, 7) is 14.0. The van der Waals surface area contributed by atoms with Gasteiger partial charge in [0.1, 0.15) is 5.60 Å². The molecule has 5 nitrogen and oxygen atoms in total. The first kappa shape index (κ1) is 20.7.